The van der Waals surface area contributed by atoms with Gasteiger partial charge in [-0.2, -0.15) is 0 Å². The Balaban J connectivity index is 2.37. The number of carbonyl (C=O) groups is 1. The Hall–Kier alpha value is -1.95. The highest BCUT2D eigenvalue weighted by atomic mass is 16.6. The summed E-state index contributed by atoms with van der Waals surface area (Å²) in [6, 6.07) is 4.61. The Morgan fingerprint density at radius 3 is 2.71 bits per heavy atom. The molecule has 2 rings (SSSR count). The van der Waals surface area contributed by atoms with Crippen molar-refractivity contribution in [3.8, 4) is 0 Å². The van der Waals surface area contributed by atoms with Gasteiger partial charge in [0.2, 0.25) is 0 Å². The van der Waals surface area contributed by atoms with Crippen LogP contribution in [0.15, 0.2) is 18.2 Å². The van der Waals surface area contributed by atoms with Crippen LogP contribution in [0.5, 0.6) is 0 Å². The Morgan fingerprint density at radius 1 is 1.53 bits per heavy atom. The molecule has 0 unspecified atom stereocenters. The Morgan fingerprint density at radius 2 is 2.18 bits per heavy atom. The van der Waals surface area contributed by atoms with Gasteiger partial charge in [0.15, 0.2) is 0 Å². The zero-order valence-corrected chi connectivity index (χ0v) is 9.42. The fourth-order valence-electron chi connectivity index (χ4n) is 1.92. The predicted molar refractivity (Wildman–Crippen MR) is 61.7 cm³/mol. The SMILES string of the molecule is Cc1cccc([N+](=O)[O-])c1C(=O)N1CC(N)C1. The summed E-state index contributed by atoms with van der Waals surface area (Å²) in [7, 11) is 0. The van der Waals surface area contributed by atoms with Crippen molar-refractivity contribution in [2.45, 2.75) is 13.0 Å². The van der Waals surface area contributed by atoms with Crippen LogP contribution >= 0.6 is 0 Å². The molecule has 1 aromatic rings. The van der Waals surface area contributed by atoms with Gasteiger partial charge in [0, 0.05) is 25.2 Å². The van der Waals surface area contributed by atoms with Crippen molar-refractivity contribution in [2.24, 2.45) is 5.73 Å². The number of nitrogens with two attached hydrogens (primary N) is 1. The third kappa shape index (κ3) is 1.99. The van der Waals surface area contributed by atoms with Crippen LogP contribution in [0.2, 0.25) is 0 Å². The van der Waals surface area contributed by atoms with Gasteiger partial charge in [-0.15, -0.1) is 0 Å². The Kier molecular flexibility index (Phi) is 2.81. The number of benzene rings is 1. The first-order chi connectivity index (χ1) is 8.00. The van der Waals surface area contributed by atoms with Gasteiger partial charge in [-0.3, -0.25) is 14.9 Å². The van der Waals surface area contributed by atoms with Crippen molar-refractivity contribution in [1.29, 1.82) is 0 Å². The zero-order chi connectivity index (χ0) is 12.6. The number of rotatable bonds is 2. The summed E-state index contributed by atoms with van der Waals surface area (Å²) in [6.07, 6.45) is 0. The van der Waals surface area contributed by atoms with E-state index < -0.39 is 4.92 Å². The zero-order valence-electron chi connectivity index (χ0n) is 9.42. The molecule has 0 atom stereocenters. The summed E-state index contributed by atoms with van der Waals surface area (Å²) in [4.78, 5) is 24.0. The van der Waals surface area contributed by atoms with E-state index in [1.807, 2.05) is 0 Å². The summed E-state index contributed by atoms with van der Waals surface area (Å²) in [5.41, 5.74) is 6.24. The fraction of sp³-hybridized carbons (Fsp3) is 0.364. The molecule has 0 bridgehead atoms. The first-order valence-electron chi connectivity index (χ1n) is 5.29. The van der Waals surface area contributed by atoms with E-state index in [0.717, 1.165) is 0 Å². The molecule has 2 N–H and O–H groups in total. The van der Waals surface area contributed by atoms with E-state index in [9.17, 15) is 14.9 Å². The average Bonchev–Trinajstić information content (AvgIpc) is 2.23. The van der Waals surface area contributed by atoms with Crippen molar-refractivity contribution < 1.29 is 9.72 Å². The average molecular weight is 235 g/mol. The van der Waals surface area contributed by atoms with Gasteiger partial charge in [-0.05, 0) is 12.5 Å². The summed E-state index contributed by atoms with van der Waals surface area (Å²) < 4.78 is 0. The molecule has 0 aromatic heterocycles. The molecule has 1 aliphatic rings. The molecular formula is C11H13N3O3. The maximum Gasteiger partial charge on any atom is 0.282 e. The monoisotopic (exact) mass is 235 g/mol. The highest BCUT2D eigenvalue weighted by Gasteiger charge is 2.33. The lowest BCUT2D eigenvalue weighted by molar-refractivity contribution is -0.385. The molecule has 6 nitrogen and oxygen atoms in total. The van der Waals surface area contributed by atoms with E-state index in [0.29, 0.717) is 18.7 Å². The molecule has 1 aliphatic heterocycles. The van der Waals surface area contributed by atoms with E-state index in [4.69, 9.17) is 5.73 Å². The number of nitro benzene ring substituents is 1. The van der Waals surface area contributed by atoms with Crippen molar-refractivity contribution >= 4 is 11.6 Å². The van der Waals surface area contributed by atoms with Crippen LogP contribution in [0.25, 0.3) is 0 Å². The van der Waals surface area contributed by atoms with E-state index in [1.54, 1.807) is 19.1 Å². The van der Waals surface area contributed by atoms with Crippen LogP contribution < -0.4 is 5.73 Å². The third-order valence-electron chi connectivity index (χ3n) is 2.86. The van der Waals surface area contributed by atoms with Gasteiger partial charge < -0.3 is 10.6 Å². The summed E-state index contributed by atoms with van der Waals surface area (Å²) in [5.74, 6) is -0.309. The largest absolute Gasteiger partial charge is 0.335 e. The molecule has 6 heteroatoms. The Bertz CT molecular complexity index is 481. The number of hydrogen-bond donors (Lipinski definition) is 1. The van der Waals surface area contributed by atoms with Gasteiger partial charge in [-0.1, -0.05) is 12.1 Å². The number of hydrogen-bond acceptors (Lipinski definition) is 4. The number of nitrogens with zero attached hydrogens (tertiary/aromatic N) is 2. The quantitative estimate of drug-likeness (QED) is 0.603. The molecule has 0 aliphatic carbocycles. The van der Waals surface area contributed by atoms with Crippen LogP contribution in [0.3, 0.4) is 0 Å². The van der Waals surface area contributed by atoms with Crippen LogP contribution in [0.1, 0.15) is 15.9 Å². The van der Waals surface area contributed by atoms with Gasteiger partial charge in [-0.25, -0.2) is 0 Å². The predicted octanol–water partition coefficient (Wildman–Crippen LogP) is 0.686. The van der Waals surface area contributed by atoms with E-state index in [1.165, 1.54) is 11.0 Å². The van der Waals surface area contributed by atoms with Gasteiger partial charge in [0.25, 0.3) is 11.6 Å². The van der Waals surface area contributed by atoms with Crippen LogP contribution in [0.4, 0.5) is 5.69 Å². The smallest absolute Gasteiger partial charge is 0.282 e. The minimum Gasteiger partial charge on any atom is -0.335 e. The molecule has 0 spiro atoms. The molecule has 17 heavy (non-hydrogen) atoms. The van der Waals surface area contributed by atoms with Crippen molar-refractivity contribution in [3.05, 3.63) is 39.4 Å². The number of carbonyl (C=O) groups excluding carboxylic acids is 1. The molecular weight excluding hydrogens is 222 g/mol. The standard InChI is InChI=1S/C11H13N3O3/c1-7-3-2-4-9(14(16)17)10(7)11(15)13-5-8(12)6-13/h2-4,8H,5-6,12H2,1H3. The molecule has 1 amide bonds. The maximum atomic E-state index is 12.1. The second-order valence-corrected chi connectivity index (χ2v) is 4.20. The number of likely N-dealkylation sites (tertiary alicyclic amines) is 1. The van der Waals surface area contributed by atoms with Crippen molar-refractivity contribution in [3.63, 3.8) is 0 Å². The maximum absolute atomic E-state index is 12.1. The molecule has 0 radical (unpaired) electrons. The lowest BCUT2D eigenvalue weighted by Crippen LogP contribution is -2.58. The molecule has 90 valence electrons. The highest BCUT2D eigenvalue weighted by Crippen LogP contribution is 2.25. The first kappa shape index (κ1) is 11.5. The van der Waals surface area contributed by atoms with E-state index in [-0.39, 0.29) is 23.2 Å². The second kappa shape index (κ2) is 4.14. The highest BCUT2D eigenvalue weighted by molar-refractivity contribution is 6.00. The summed E-state index contributed by atoms with van der Waals surface area (Å²) >= 11 is 0. The number of aryl methyl sites for hydroxylation is 1. The molecule has 1 fully saturated rings. The topological polar surface area (TPSA) is 89.5 Å². The second-order valence-electron chi connectivity index (χ2n) is 4.20. The normalized spacial score (nSPS) is 15.5. The minimum absolute atomic E-state index is 0.0120. The van der Waals surface area contributed by atoms with Gasteiger partial charge in [0.1, 0.15) is 5.56 Å². The van der Waals surface area contributed by atoms with Crippen LogP contribution in [0, 0.1) is 17.0 Å². The fourth-order valence-corrected chi connectivity index (χ4v) is 1.92. The van der Waals surface area contributed by atoms with Crippen LogP contribution in [-0.4, -0.2) is 34.9 Å². The Labute approximate surface area is 98.2 Å². The van der Waals surface area contributed by atoms with Crippen molar-refractivity contribution in [2.75, 3.05) is 13.1 Å². The van der Waals surface area contributed by atoms with Gasteiger partial charge in [0.05, 0.1) is 4.92 Å². The molecule has 1 saturated heterocycles. The lowest BCUT2D eigenvalue weighted by atomic mass is 10.0. The van der Waals surface area contributed by atoms with Crippen LogP contribution in [-0.2, 0) is 0 Å². The van der Waals surface area contributed by atoms with E-state index in [2.05, 4.69) is 0 Å². The van der Waals surface area contributed by atoms with E-state index >= 15 is 0 Å². The first-order valence-corrected chi connectivity index (χ1v) is 5.29. The molecule has 1 heterocycles. The third-order valence-corrected chi connectivity index (χ3v) is 2.86. The summed E-state index contributed by atoms with van der Waals surface area (Å²) in [5, 5.41) is 10.9. The number of nitro groups is 1. The molecule has 0 saturated carbocycles. The van der Waals surface area contributed by atoms with Crippen molar-refractivity contribution in [1.82, 2.24) is 4.90 Å². The number of amides is 1. The summed E-state index contributed by atoms with van der Waals surface area (Å²) in [6.45, 7) is 2.62. The van der Waals surface area contributed by atoms with Gasteiger partial charge >= 0.3 is 0 Å². The lowest BCUT2D eigenvalue weighted by Gasteiger charge is -2.36. The molecule has 1 aromatic carbocycles. The minimum atomic E-state index is -0.528.